The molecule has 6 heterocycles. The molecule has 1 N–H and O–H groups in total. The van der Waals surface area contributed by atoms with Crippen LogP contribution in [-0.4, -0.2) is 46.9 Å². The summed E-state index contributed by atoms with van der Waals surface area (Å²) in [6.07, 6.45) is 3.16. The van der Waals surface area contributed by atoms with Gasteiger partial charge in [-0.3, -0.25) is 4.79 Å². The van der Waals surface area contributed by atoms with Crippen LogP contribution < -0.4 is 15.6 Å². The molecular weight excluding hydrogens is 576 g/mol. The minimum absolute atomic E-state index is 0.0487. The largest absolute Gasteiger partial charge is 0.450 e. The summed E-state index contributed by atoms with van der Waals surface area (Å²) in [5, 5.41) is 7.20. The molecule has 5 aromatic heterocycles. The molecule has 1 fully saturated rings. The number of hydrogen-bond acceptors (Lipinski definition) is 8. The number of nitrogens with one attached hydrogen (secondary N) is 1. The Balaban J connectivity index is 1.39. The highest BCUT2D eigenvalue weighted by Crippen LogP contribution is 2.38. The Labute approximate surface area is 233 Å². The molecular formula is C24H19Cl2F3N8O3. The molecule has 6 rings (SSSR count). The van der Waals surface area contributed by atoms with Crippen molar-refractivity contribution in [2.75, 3.05) is 18.5 Å². The Hall–Kier alpha value is -3.88. The number of hydrogen-bond donors (Lipinski definition) is 1. The van der Waals surface area contributed by atoms with Gasteiger partial charge in [-0.2, -0.15) is 23.3 Å². The van der Waals surface area contributed by atoms with Crippen molar-refractivity contribution in [1.82, 2.24) is 33.7 Å². The van der Waals surface area contributed by atoms with E-state index in [1.807, 2.05) is 0 Å². The fourth-order valence-electron chi connectivity index (χ4n) is 4.55. The monoisotopic (exact) mass is 594 g/mol. The average molecular weight is 595 g/mol. The van der Waals surface area contributed by atoms with Gasteiger partial charge in [-0.15, -0.1) is 0 Å². The first kappa shape index (κ1) is 26.3. The number of anilines is 2. The van der Waals surface area contributed by atoms with Crippen molar-refractivity contribution >= 4 is 51.5 Å². The van der Waals surface area contributed by atoms with Crippen LogP contribution in [0.5, 0.6) is 11.5 Å². The smallest absolute Gasteiger partial charge is 0.417 e. The lowest BCUT2D eigenvalue weighted by molar-refractivity contribution is -0.138. The third-order valence-corrected chi connectivity index (χ3v) is 7.17. The van der Waals surface area contributed by atoms with Gasteiger partial charge in [0.2, 0.25) is 5.95 Å². The molecule has 1 unspecified atom stereocenters. The lowest BCUT2D eigenvalue weighted by atomic mass is 10.1. The van der Waals surface area contributed by atoms with Gasteiger partial charge in [0.25, 0.3) is 5.56 Å². The Morgan fingerprint density at radius 1 is 1.18 bits per heavy atom. The first-order valence-electron chi connectivity index (χ1n) is 12.0. The number of fused-ring (bicyclic) bond motifs is 2. The van der Waals surface area contributed by atoms with Crippen LogP contribution >= 0.6 is 23.2 Å². The maximum Gasteiger partial charge on any atom is 0.417 e. The number of aromatic nitrogens is 7. The number of ether oxygens (including phenoxy) is 2. The van der Waals surface area contributed by atoms with E-state index >= 15 is 0 Å². The van der Waals surface area contributed by atoms with E-state index in [2.05, 4.69) is 25.4 Å². The number of imidazole rings is 1. The molecule has 0 aromatic carbocycles. The molecule has 0 amide bonds. The third kappa shape index (κ3) is 4.61. The van der Waals surface area contributed by atoms with Gasteiger partial charge in [-0.25, -0.2) is 14.5 Å². The quantitative estimate of drug-likeness (QED) is 0.288. The molecule has 5 aromatic rings. The lowest BCUT2D eigenvalue weighted by Crippen LogP contribution is -2.32. The van der Waals surface area contributed by atoms with Gasteiger partial charge < -0.3 is 23.9 Å². The van der Waals surface area contributed by atoms with Crippen LogP contribution in [0.25, 0.3) is 16.7 Å². The van der Waals surface area contributed by atoms with Gasteiger partial charge in [-0.05, 0) is 18.9 Å². The van der Waals surface area contributed by atoms with Crippen molar-refractivity contribution in [3.63, 3.8) is 0 Å². The maximum absolute atomic E-state index is 13.8. The van der Waals surface area contributed by atoms with Gasteiger partial charge >= 0.3 is 6.18 Å². The van der Waals surface area contributed by atoms with Crippen molar-refractivity contribution in [3.8, 4) is 11.5 Å². The minimum Gasteiger partial charge on any atom is -0.450 e. The number of halogens is 5. The second-order valence-corrected chi connectivity index (χ2v) is 9.81. The van der Waals surface area contributed by atoms with Crippen molar-refractivity contribution in [3.05, 3.63) is 63.1 Å². The zero-order valence-corrected chi connectivity index (χ0v) is 22.1. The fourth-order valence-corrected chi connectivity index (χ4v) is 5.08. The molecule has 1 atom stereocenters. The summed E-state index contributed by atoms with van der Waals surface area (Å²) in [5.41, 5.74) is -1.02. The van der Waals surface area contributed by atoms with E-state index in [1.54, 1.807) is 13.2 Å². The van der Waals surface area contributed by atoms with E-state index in [1.165, 1.54) is 27.7 Å². The Bertz CT molecular complexity index is 1810. The predicted molar refractivity (Wildman–Crippen MR) is 140 cm³/mol. The highest BCUT2D eigenvalue weighted by atomic mass is 35.5. The Morgan fingerprint density at radius 3 is 2.75 bits per heavy atom. The van der Waals surface area contributed by atoms with E-state index in [0.717, 1.165) is 16.8 Å². The molecule has 208 valence electrons. The zero-order valence-electron chi connectivity index (χ0n) is 20.6. The van der Waals surface area contributed by atoms with Crippen LogP contribution in [0.2, 0.25) is 10.2 Å². The van der Waals surface area contributed by atoms with Gasteiger partial charge in [0, 0.05) is 32.2 Å². The molecule has 16 heteroatoms. The molecule has 40 heavy (non-hydrogen) atoms. The van der Waals surface area contributed by atoms with Crippen molar-refractivity contribution in [2.24, 2.45) is 7.05 Å². The van der Waals surface area contributed by atoms with Crippen LogP contribution in [0.4, 0.5) is 24.8 Å². The van der Waals surface area contributed by atoms with E-state index in [-0.39, 0.29) is 45.6 Å². The highest BCUT2D eigenvalue weighted by molar-refractivity contribution is 6.36. The molecule has 1 saturated heterocycles. The van der Waals surface area contributed by atoms with Gasteiger partial charge in [0.1, 0.15) is 21.7 Å². The van der Waals surface area contributed by atoms with Crippen LogP contribution in [0.3, 0.4) is 0 Å². The summed E-state index contributed by atoms with van der Waals surface area (Å²) in [5.74, 6) is 0.475. The van der Waals surface area contributed by atoms with E-state index in [0.29, 0.717) is 30.5 Å². The second-order valence-electron chi connectivity index (χ2n) is 9.07. The summed E-state index contributed by atoms with van der Waals surface area (Å²) in [4.78, 5) is 25.9. The second kappa shape index (κ2) is 9.94. The SMILES string of the molecule is Cn1c(Nc2cc(C(F)(F)F)cn(C3CCCOC3)c2=O)nc2ncc(Oc3cnn4ccnc(Cl)c34)c(Cl)c21. The van der Waals surface area contributed by atoms with Gasteiger partial charge in [-0.1, -0.05) is 23.2 Å². The average Bonchev–Trinajstić information content (AvgIpc) is 3.48. The fraction of sp³-hybridized carbons (Fsp3) is 0.292. The number of alkyl halides is 3. The molecule has 0 saturated carbocycles. The van der Waals surface area contributed by atoms with Crippen LogP contribution in [0, 0.1) is 0 Å². The number of aryl methyl sites for hydroxylation is 1. The molecule has 0 radical (unpaired) electrons. The summed E-state index contributed by atoms with van der Waals surface area (Å²) < 4.78 is 56.6. The summed E-state index contributed by atoms with van der Waals surface area (Å²) in [6, 6.07) is 0.234. The van der Waals surface area contributed by atoms with Crippen molar-refractivity contribution < 1.29 is 22.6 Å². The molecule has 1 aliphatic heterocycles. The summed E-state index contributed by atoms with van der Waals surface area (Å²) in [6.45, 7) is 0.638. The first-order chi connectivity index (χ1) is 19.1. The van der Waals surface area contributed by atoms with E-state index in [9.17, 15) is 18.0 Å². The molecule has 0 aliphatic carbocycles. The van der Waals surface area contributed by atoms with Gasteiger partial charge in [0.15, 0.2) is 22.3 Å². The molecule has 11 nitrogen and oxygen atoms in total. The lowest BCUT2D eigenvalue weighted by Gasteiger charge is -2.25. The molecule has 1 aliphatic rings. The van der Waals surface area contributed by atoms with E-state index < -0.39 is 23.3 Å². The predicted octanol–water partition coefficient (Wildman–Crippen LogP) is 5.39. The number of nitrogens with zero attached hydrogens (tertiary/aromatic N) is 7. The van der Waals surface area contributed by atoms with Crippen molar-refractivity contribution in [1.29, 1.82) is 0 Å². The standard InChI is InChI=1S/C24H19Cl2F3N8O3/c1-35-19-17(25)15(40-16-9-32-37-5-4-30-20(26)18(16)37)8-31-21(19)34-23(35)33-14-7-12(24(27,28)29)10-36(22(14)38)13-3-2-6-39-11-13/h4-5,7-10,13H,2-3,6,11H2,1H3,(H,31,33,34). The maximum atomic E-state index is 13.8. The van der Waals surface area contributed by atoms with Crippen LogP contribution in [-0.2, 0) is 18.0 Å². The topological polar surface area (TPSA) is 113 Å². The zero-order chi connectivity index (χ0) is 28.2. The van der Waals surface area contributed by atoms with E-state index in [4.69, 9.17) is 32.7 Å². The van der Waals surface area contributed by atoms with Crippen LogP contribution in [0.15, 0.2) is 41.8 Å². The third-order valence-electron chi connectivity index (χ3n) is 6.52. The summed E-state index contributed by atoms with van der Waals surface area (Å²) in [7, 11) is 1.58. The van der Waals surface area contributed by atoms with Gasteiger partial charge in [0.05, 0.1) is 30.6 Å². The van der Waals surface area contributed by atoms with Crippen LogP contribution in [0.1, 0.15) is 24.4 Å². The first-order valence-corrected chi connectivity index (χ1v) is 12.7. The molecule has 0 bridgehead atoms. The molecule has 0 spiro atoms. The summed E-state index contributed by atoms with van der Waals surface area (Å²) >= 11 is 12.9. The van der Waals surface area contributed by atoms with Crippen molar-refractivity contribution in [2.45, 2.75) is 25.1 Å². The normalized spacial score (nSPS) is 16.1. The highest BCUT2D eigenvalue weighted by Gasteiger charge is 2.33. The number of pyridine rings is 2. The Kier molecular flexibility index (Phi) is 6.55. The number of rotatable bonds is 5. The Morgan fingerprint density at radius 2 is 2.00 bits per heavy atom. The minimum atomic E-state index is -4.68.